The Morgan fingerprint density at radius 2 is 1.41 bits per heavy atom. The summed E-state index contributed by atoms with van der Waals surface area (Å²) >= 11 is 0. The molecule has 0 aliphatic rings. The molecule has 0 atom stereocenters. The number of aliphatic hydroxyl groups is 1. The van der Waals surface area contributed by atoms with E-state index in [1.165, 1.54) is 12.1 Å². The number of alkyl halides is 3. The Balaban J connectivity index is 0.000000425. The topological polar surface area (TPSA) is 63.3 Å². The Labute approximate surface area is 358 Å². The second-order valence-electron chi connectivity index (χ2n) is 16.9. The zero-order valence-electron chi connectivity index (χ0n) is 37.2. The number of hydrogen-bond acceptors (Lipinski definition) is 4. The summed E-state index contributed by atoms with van der Waals surface area (Å²) in [5.41, 5.74) is 2.09. The summed E-state index contributed by atoms with van der Waals surface area (Å²) in [5.74, 6) is 0.547. The third-order valence-corrected chi connectivity index (χ3v) is 10.5. The van der Waals surface area contributed by atoms with Crippen molar-refractivity contribution >= 4 is 38.5 Å². The largest absolute Gasteiger partial charge is 0.512 e. The number of fused-ring (bicyclic) bond motifs is 4. The molecule has 0 amide bonds. The van der Waals surface area contributed by atoms with Crippen molar-refractivity contribution in [2.45, 2.75) is 113 Å². The van der Waals surface area contributed by atoms with E-state index >= 15 is 0 Å². The van der Waals surface area contributed by atoms with Gasteiger partial charge in [0.2, 0.25) is 0 Å². The number of halogens is 3. The Kier molecular flexibility index (Phi) is 14.0. The molecule has 311 valence electrons. The first-order valence-electron chi connectivity index (χ1n) is 21.0. The number of rotatable bonds is 10. The maximum Gasteiger partial charge on any atom is 0.418 e. The minimum absolute atomic E-state index is 0. The molecule has 1 radical (unpaired) electrons. The smallest absolute Gasteiger partial charge is 0.418 e. The first-order chi connectivity index (χ1) is 27.5. The minimum Gasteiger partial charge on any atom is -0.512 e. The molecule has 4 nitrogen and oxygen atoms in total. The average Bonchev–Trinajstić information content (AvgIpc) is 3.54. The van der Waals surface area contributed by atoms with Crippen molar-refractivity contribution in [1.82, 2.24) is 4.98 Å². The predicted molar refractivity (Wildman–Crippen MR) is 229 cm³/mol. The molecule has 4 aromatic carbocycles. The van der Waals surface area contributed by atoms with Gasteiger partial charge < -0.3 is 9.52 Å². The number of benzene rings is 4. The van der Waals surface area contributed by atoms with Gasteiger partial charge in [0.05, 0.1) is 11.3 Å². The van der Waals surface area contributed by atoms with E-state index in [9.17, 15) is 23.1 Å². The van der Waals surface area contributed by atoms with Gasteiger partial charge in [0, 0.05) is 63.4 Å². The van der Waals surface area contributed by atoms with Crippen molar-refractivity contribution in [3.05, 3.63) is 114 Å². The van der Waals surface area contributed by atoms with Crippen molar-refractivity contribution in [3.63, 3.8) is 0 Å². The predicted octanol–water partition coefficient (Wildman–Crippen LogP) is 15.0. The van der Waals surface area contributed by atoms with E-state index in [1.807, 2.05) is 84.9 Å². The number of carbonyl (C=O) groups is 1. The van der Waals surface area contributed by atoms with Gasteiger partial charge in [0.1, 0.15) is 11.2 Å². The zero-order valence-corrected chi connectivity index (χ0v) is 37.6. The molecule has 1 N–H and O–H groups in total. The van der Waals surface area contributed by atoms with E-state index in [1.54, 1.807) is 30.3 Å². The van der Waals surface area contributed by atoms with Crippen LogP contribution < -0.4 is 0 Å². The van der Waals surface area contributed by atoms with Crippen LogP contribution in [0.25, 0.3) is 55.1 Å². The molecule has 6 rings (SSSR count). The molecular weight excluding hydrogens is 912 g/mol. The zero-order chi connectivity index (χ0) is 43.7. The second-order valence-corrected chi connectivity index (χ2v) is 16.9. The van der Waals surface area contributed by atoms with Gasteiger partial charge in [-0.3, -0.25) is 9.78 Å². The quantitative estimate of drug-likeness (QED) is 0.0844. The van der Waals surface area contributed by atoms with Crippen molar-refractivity contribution in [3.8, 4) is 22.4 Å². The summed E-state index contributed by atoms with van der Waals surface area (Å²) in [6.45, 7) is 19.9. The summed E-state index contributed by atoms with van der Waals surface area (Å²) in [5, 5.41) is 13.2. The molecule has 0 saturated carbocycles. The molecule has 8 heteroatoms. The Bertz CT molecular complexity index is 2480. The van der Waals surface area contributed by atoms with Gasteiger partial charge in [0.15, 0.2) is 5.78 Å². The fraction of sp³-hybridized carbons (Fsp3) is 0.400. The Hall–Kier alpha value is -4.26. The van der Waals surface area contributed by atoms with Crippen LogP contribution in [0, 0.1) is 23.3 Å². The maximum atomic E-state index is 14.3. The fourth-order valence-corrected chi connectivity index (χ4v) is 7.29. The summed E-state index contributed by atoms with van der Waals surface area (Å²) in [6.07, 6.45) is -0.439. The number of furan rings is 1. The molecular formula is C50H57F3IrNO3-. The van der Waals surface area contributed by atoms with E-state index in [0.717, 1.165) is 59.0 Å². The molecule has 2 aromatic heterocycles. The number of allylic oxidation sites excluding steroid dienone is 2. The molecule has 0 unspecified atom stereocenters. The van der Waals surface area contributed by atoms with Crippen LogP contribution in [-0.2, 0) is 42.9 Å². The van der Waals surface area contributed by atoms with Crippen molar-refractivity contribution in [2.75, 3.05) is 0 Å². The Morgan fingerprint density at radius 3 is 2.00 bits per heavy atom. The SMILES string of the molecule is CCC(CC)C(=O)/C=C(\O)C(CC)CC.[2H]C([2H])(c1ccc2c(c1)oc1cc(-c3cc(-c4[c-]c5ccccc5c(C(C)(C)C)c4)ncc3C(F)(F)F)ccc12)C(C)(C)C.[Ir]. The maximum absolute atomic E-state index is 14.3. The minimum atomic E-state index is -4.62. The number of carbonyl (C=O) groups excluding carboxylic acids is 1. The van der Waals surface area contributed by atoms with E-state index in [-0.39, 0.29) is 54.5 Å². The molecule has 58 heavy (non-hydrogen) atoms. The molecule has 0 aliphatic carbocycles. The van der Waals surface area contributed by atoms with Crippen molar-refractivity contribution in [2.24, 2.45) is 17.3 Å². The summed E-state index contributed by atoms with van der Waals surface area (Å²) < 4.78 is 66.4. The standard InChI is InChI=1S/C37H33F3NO.C13H24O2.Ir/c1-35(2,3)20-22-11-13-27-28-14-12-24(18-34(28)42-33(27)15-22)29-19-32(41-21-31(29)37(38,39)40)25-16-23-9-7-8-10-26(23)30(17-25)36(4,5)6;1-5-10(6-2)12(14)9-13(15)11(7-3)8-4;/h7-15,17-19,21H,20H2,1-6H3;9-11,14H,5-8H2,1-4H3;/q-1;;/b;12-9-;/i20D2;;. The summed E-state index contributed by atoms with van der Waals surface area (Å²) in [6, 6.07) is 25.0. The van der Waals surface area contributed by atoms with E-state index in [0.29, 0.717) is 33.6 Å². The van der Waals surface area contributed by atoms with Crippen molar-refractivity contribution in [1.29, 1.82) is 0 Å². The summed E-state index contributed by atoms with van der Waals surface area (Å²) in [7, 11) is 0. The number of aromatic nitrogens is 1. The van der Waals surface area contributed by atoms with Crippen LogP contribution >= 0.6 is 0 Å². The van der Waals surface area contributed by atoms with E-state index < -0.39 is 23.5 Å². The van der Waals surface area contributed by atoms with Crippen LogP contribution in [0.3, 0.4) is 0 Å². The van der Waals surface area contributed by atoms with Gasteiger partial charge in [-0.15, -0.1) is 29.1 Å². The molecule has 0 bridgehead atoms. The number of hydrogen-bond donors (Lipinski definition) is 1. The number of nitrogens with zero attached hydrogens (tertiary/aromatic N) is 1. The number of ketones is 1. The normalized spacial score (nSPS) is 13.4. The molecule has 0 aliphatic heterocycles. The molecule has 0 saturated heterocycles. The van der Waals surface area contributed by atoms with Crippen molar-refractivity contribution < 1.29 is 50.3 Å². The van der Waals surface area contributed by atoms with Crippen LogP contribution in [0.5, 0.6) is 0 Å². The second kappa shape index (κ2) is 18.8. The van der Waals surface area contributed by atoms with E-state index in [4.69, 9.17) is 7.16 Å². The molecule has 2 heterocycles. The first-order valence-corrected chi connectivity index (χ1v) is 20.0. The molecule has 6 aromatic rings. The van der Waals surface area contributed by atoms with Gasteiger partial charge in [-0.1, -0.05) is 123 Å². The van der Waals surface area contributed by atoms with E-state index in [2.05, 4.69) is 31.8 Å². The van der Waals surface area contributed by atoms with Crippen LogP contribution in [0.2, 0.25) is 0 Å². The molecule has 0 spiro atoms. The number of aliphatic hydroxyl groups excluding tert-OH is 1. The fourth-order valence-electron chi connectivity index (χ4n) is 7.29. The van der Waals surface area contributed by atoms with Gasteiger partial charge in [-0.25, -0.2) is 0 Å². The van der Waals surface area contributed by atoms with Crippen LogP contribution in [0.15, 0.2) is 95.2 Å². The van der Waals surface area contributed by atoms with Crippen LogP contribution in [0.1, 0.15) is 114 Å². The third kappa shape index (κ3) is 10.9. The van der Waals surface area contributed by atoms with Crippen LogP contribution in [0.4, 0.5) is 13.2 Å². The first kappa shape index (κ1) is 43.3. The molecule has 0 fully saturated rings. The average molecular weight is 971 g/mol. The Morgan fingerprint density at radius 1 is 0.810 bits per heavy atom. The summed E-state index contributed by atoms with van der Waals surface area (Å²) in [4.78, 5) is 16.0. The number of pyridine rings is 1. The monoisotopic (exact) mass is 971 g/mol. The van der Waals surface area contributed by atoms with Gasteiger partial charge >= 0.3 is 6.18 Å². The van der Waals surface area contributed by atoms with Gasteiger partial charge in [-0.05, 0) is 77.8 Å². The third-order valence-electron chi connectivity index (χ3n) is 10.5. The van der Waals surface area contributed by atoms with Gasteiger partial charge in [-0.2, -0.15) is 13.2 Å². The van der Waals surface area contributed by atoms with Gasteiger partial charge in [0.25, 0.3) is 0 Å². The van der Waals surface area contributed by atoms with Crippen LogP contribution in [-0.4, -0.2) is 15.9 Å².